The fourth-order valence-corrected chi connectivity index (χ4v) is 3.53. The van der Waals surface area contributed by atoms with Crippen LogP contribution < -0.4 is 5.32 Å². The number of rotatable bonds is 5. The number of aryl methyl sites for hydroxylation is 1. The third kappa shape index (κ3) is 3.07. The smallest absolute Gasteiger partial charge is 0.0448 e. The van der Waals surface area contributed by atoms with Crippen LogP contribution in [0.15, 0.2) is 41.8 Å². The highest BCUT2D eigenvalue weighted by atomic mass is 32.1. The Bertz CT molecular complexity index is 528. The fraction of sp³-hybridized carbons (Fsp3) is 0.412. The lowest BCUT2D eigenvalue weighted by atomic mass is 10.0. The van der Waals surface area contributed by atoms with Crippen molar-refractivity contribution < 1.29 is 0 Å². The van der Waals surface area contributed by atoms with Crippen molar-refractivity contribution in [2.75, 3.05) is 0 Å². The minimum atomic E-state index is 0.410. The van der Waals surface area contributed by atoms with Gasteiger partial charge in [0.05, 0.1) is 0 Å². The van der Waals surface area contributed by atoms with Crippen molar-refractivity contribution in [2.24, 2.45) is 5.92 Å². The Morgan fingerprint density at radius 1 is 1.21 bits per heavy atom. The standard InChI is InChI=1S/C17H21NS/c1-12-5-3-6-15(11-12)13(2)18-17(14-8-9-14)16-7-4-10-19-16/h3-7,10-11,13-14,17-18H,8-9H2,1-2H3/t13-,17?/m0/s1. The first-order valence-corrected chi connectivity index (χ1v) is 7.98. The largest absolute Gasteiger partial charge is 0.302 e. The molecule has 2 heteroatoms. The maximum atomic E-state index is 3.84. The molecule has 2 aromatic rings. The van der Waals surface area contributed by atoms with Gasteiger partial charge in [0.2, 0.25) is 0 Å². The summed E-state index contributed by atoms with van der Waals surface area (Å²) in [5.41, 5.74) is 2.73. The van der Waals surface area contributed by atoms with Crippen molar-refractivity contribution >= 4 is 11.3 Å². The van der Waals surface area contributed by atoms with Crippen molar-refractivity contribution in [3.63, 3.8) is 0 Å². The summed E-state index contributed by atoms with van der Waals surface area (Å²) in [5.74, 6) is 0.839. The Kier molecular flexibility index (Phi) is 3.72. The first kappa shape index (κ1) is 12.9. The summed E-state index contributed by atoms with van der Waals surface area (Å²) < 4.78 is 0. The highest BCUT2D eigenvalue weighted by molar-refractivity contribution is 7.10. The highest BCUT2D eigenvalue weighted by Crippen LogP contribution is 2.43. The van der Waals surface area contributed by atoms with Gasteiger partial charge in [-0.15, -0.1) is 11.3 Å². The molecule has 2 atom stereocenters. The molecule has 0 aliphatic heterocycles. The first-order chi connectivity index (χ1) is 9.24. The van der Waals surface area contributed by atoms with E-state index in [1.807, 2.05) is 11.3 Å². The Balaban J connectivity index is 1.75. The van der Waals surface area contributed by atoms with Gasteiger partial charge in [0.15, 0.2) is 0 Å². The van der Waals surface area contributed by atoms with Gasteiger partial charge in [-0.05, 0) is 49.6 Å². The second kappa shape index (κ2) is 5.48. The number of hydrogen-bond donors (Lipinski definition) is 1. The Morgan fingerprint density at radius 2 is 2.05 bits per heavy atom. The lowest BCUT2D eigenvalue weighted by molar-refractivity contribution is 0.433. The van der Waals surface area contributed by atoms with Crippen LogP contribution in [-0.2, 0) is 0 Å². The quantitative estimate of drug-likeness (QED) is 0.819. The van der Waals surface area contributed by atoms with Crippen LogP contribution in [0.3, 0.4) is 0 Å². The van der Waals surface area contributed by atoms with Crippen LogP contribution in [0.25, 0.3) is 0 Å². The van der Waals surface area contributed by atoms with E-state index in [4.69, 9.17) is 0 Å². The number of nitrogens with one attached hydrogen (secondary N) is 1. The molecule has 1 aromatic heterocycles. The average molecular weight is 271 g/mol. The number of thiophene rings is 1. The minimum absolute atomic E-state index is 0.410. The average Bonchev–Trinajstić information content (AvgIpc) is 3.10. The van der Waals surface area contributed by atoms with Gasteiger partial charge in [-0.1, -0.05) is 35.9 Å². The normalized spacial score (nSPS) is 18.2. The summed E-state index contributed by atoms with van der Waals surface area (Å²) in [6, 6.07) is 14.2. The molecular weight excluding hydrogens is 250 g/mol. The van der Waals surface area contributed by atoms with Gasteiger partial charge in [0.25, 0.3) is 0 Å². The van der Waals surface area contributed by atoms with Crippen molar-refractivity contribution in [2.45, 2.75) is 38.8 Å². The molecule has 1 heterocycles. The molecule has 100 valence electrons. The molecule has 0 spiro atoms. The van der Waals surface area contributed by atoms with Crippen LogP contribution in [0, 0.1) is 12.8 Å². The summed E-state index contributed by atoms with van der Waals surface area (Å²) in [5, 5.41) is 6.02. The molecule has 0 bridgehead atoms. The Labute approximate surface area is 119 Å². The van der Waals surface area contributed by atoms with E-state index < -0.39 is 0 Å². The van der Waals surface area contributed by atoms with Crippen molar-refractivity contribution in [3.05, 3.63) is 57.8 Å². The summed E-state index contributed by atoms with van der Waals surface area (Å²) in [4.78, 5) is 1.49. The van der Waals surface area contributed by atoms with E-state index >= 15 is 0 Å². The molecular formula is C17H21NS. The van der Waals surface area contributed by atoms with E-state index in [0.717, 1.165) is 5.92 Å². The predicted octanol–water partition coefficient (Wildman–Crippen LogP) is 4.86. The number of benzene rings is 1. The third-order valence-electron chi connectivity index (χ3n) is 3.91. The van der Waals surface area contributed by atoms with E-state index in [1.54, 1.807) is 0 Å². The summed E-state index contributed by atoms with van der Waals surface area (Å²) in [6.07, 6.45) is 2.74. The van der Waals surface area contributed by atoms with Crippen molar-refractivity contribution in [1.82, 2.24) is 5.32 Å². The molecule has 1 N–H and O–H groups in total. The van der Waals surface area contributed by atoms with Crippen LogP contribution in [0.1, 0.15) is 47.9 Å². The lowest BCUT2D eigenvalue weighted by Crippen LogP contribution is -2.25. The van der Waals surface area contributed by atoms with Crippen LogP contribution >= 0.6 is 11.3 Å². The van der Waals surface area contributed by atoms with Gasteiger partial charge < -0.3 is 5.32 Å². The highest BCUT2D eigenvalue weighted by Gasteiger charge is 2.33. The van der Waals surface area contributed by atoms with Crippen LogP contribution in [-0.4, -0.2) is 0 Å². The van der Waals surface area contributed by atoms with Gasteiger partial charge in [0.1, 0.15) is 0 Å². The topological polar surface area (TPSA) is 12.0 Å². The molecule has 1 fully saturated rings. The van der Waals surface area contributed by atoms with Gasteiger partial charge in [-0.25, -0.2) is 0 Å². The van der Waals surface area contributed by atoms with E-state index in [1.165, 1.54) is 28.8 Å². The summed E-state index contributed by atoms with van der Waals surface area (Å²) in [6.45, 7) is 4.44. The maximum Gasteiger partial charge on any atom is 0.0448 e. The SMILES string of the molecule is Cc1cccc([C@H](C)NC(c2cccs2)C2CC2)c1. The molecule has 0 amide bonds. The van der Waals surface area contributed by atoms with E-state index in [9.17, 15) is 0 Å². The van der Waals surface area contributed by atoms with Gasteiger partial charge in [0, 0.05) is 17.0 Å². The molecule has 0 radical (unpaired) electrons. The lowest BCUT2D eigenvalue weighted by Gasteiger charge is -2.23. The van der Waals surface area contributed by atoms with E-state index in [2.05, 4.69) is 60.9 Å². The van der Waals surface area contributed by atoms with Crippen LogP contribution in [0.4, 0.5) is 0 Å². The first-order valence-electron chi connectivity index (χ1n) is 7.10. The van der Waals surface area contributed by atoms with Crippen molar-refractivity contribution in [3.8, 4) is 0 Å². The fourth-order valence-electron chi connectivity index (χ4n) is 2.65. The van der Waals surface area contributed by atoms with E-state index in [0.29, 0.717) is 12.1 Å². The molecule has 1 aromatic carbocycles. The number of hydrogen-bond acceptors (Lipinski definition) is 2. The predicted molar refractivity (Wildman–Crippen MR) is 82.5 cm³/mol. The zero-order chi connectivity index (χ0) is 13.2. The molecule has 1 aliphatic carbocycles. The van der Waals surface area contributed by atoms with Gasteiger partial charge >= 0.3 is 0 Å². The zero-order valence-electron chi connectivity index (χ0n) is 11.6. The zero-order valence-corrected chi connectivity index (χ0v) is 12.4. The second-order valence-electron chi connectivity index (χ2n) is 5.63. The molecule has 1 saturated carbocycles. The molecule has 1 unspecified atom stereocenters. The molecule has 3 rings (SSSR count). The third-order valence-corrected chi connectivity index (χ3v) is 4.87. The van der Waals surface area contributed by atoms with Crippen LogP contribution in [0.2, 0.25) is 0 Å². The Morgan fingerprint density at radius 3 is 2.68 bits per heavy atom. The van der Waals surface area contributed by atoms with Gasteiger partial charge in [-0.3, -0.25) is 0 Å². The molecule has 0 saturated heterocycles. The maximum absolute atomic E-state index is 3.84. The molecule has 1 aliphatic rings. The minimum Gasteiger partial charge on any atom is -0.302 e. The monoisotopic (exact) mass is 271 g/mol. The van der Waals surface area contributed by atoms with E-state index in [-0.39, 0.29) is 0 Å². The van der Waals surface area contributed by atoms with Gasteiger partial charge in [-0.2, -0.15) is 0 Å². The molecule has 19 heavy (non-hydrogen) atoms. The summed E-state index contributed by atoms with van der Waals surface area (Å²) >= 11 is 1.88. The molecule has 1 nitrogen and oxygen atoms in total. The summed E-state index contributed by atoms with van der Waals surface area (Å²) in [7, 11) is 0. The van der Waals surface area contributed by atoms with Crippen molar-refractivity contribution in [1.29, 1.82) is 0 Å². The Hall–Kier alpha value is -1.12. The second-order valence-corrected chi connectivity index (χ2v) is 6.61. The van der Waals surface area contributed by atoms with Crippen LogP contribution in [0.5, 0.6) is 0 Å².